The molecule has 152 valence electrons. The average Bonchev–Trinajstić information content (AvgIpc) is 2.57. The molecule has 0 saturated carbocycles. The van der Waals surface area contributed by atoms with E-state index in [0.717, 1.165) is 12.0 Å². The van der Waals surface area contributed by atoms with Crippen LogP contribution in [0.5, 0.6) is 11.5 Å². The molecule has 0 aliphatic heterocycles. The summed E-state index contributed by atoms with van der Waals surface area (Å²) in [5.74, 6) is 1.47. The lowest BCUT2D eigenvalue weighted by molar-refractivity contribution is -0.125. The van der Waals surface area contributed by atoms with Gasteiger partial charge in [-0.25, -0.2) is 0 Å². The van der Waals surface area contributed by atoms with Gasteiger partial charge in [0.2, 0.25) is 11.8 Å². The second-order valence-corrected chi connectivity index (χ2v) is 7.52. The predicted octanol–water partition coefficient (Wildman–Crippen LogP) is 3.81. The van der Waals surface area contributed by atoms with E-state index in [9.17, 15) is 9.59 Å². The van der Waals surface area contributed by atoms with Crippen LogP contribution in [0.4, 0.5) is 0 Å². The molecule has 0 fully saturated rings. The van der Waals surface area contributed by atoms with Gasteiger partial charge in [0.1, 0.15) is 6.17 Å². The molecular weight excluding hydrogens is 344 g/mol. The van der Waals surface area contributed by atoms with Gasteiger partial charge in [0.25, 0.3) is 0 Å². The average molecular weight is 379 g/mol. The molecule has 0 atom stereocenters. The monoisotopic (exact) mass is 378 g/mol. The second kappa shape index (κ2) is 11.5. The van der Waals surface area contributed by atoms with Gasteiger partial charge in [-0.1, -0.05) is 40.7 Å². The quantitative estimate of drug-likeness (QED) is 0.574. The highest BCUT2D eigenvalue weighted by Gasteiger charge is 2.20. The van der Waals surface area contributed by atoms with E-state index < -0.39 is 6.17 Å². The number of carbonyl (C=O) groups is 2. The van der Waals surface area contributed by atoms with Crippen molar-refractivity contribution in [3.8, 4) is 11.5 Å². The summed E-state index contributed by atoms with van der Waals surface area (Å²) in [4.78, 5) is 24.6. The molecule has 0 bridgehead atoms. The van der Waals surface area contributed by atoms with Crippen molar-refractivity contribution in [2.75, 3.05) is 13.7 Å². The summed E-state index contributed by atoms with van der Waals surface area (Å²) in [6, 6.07) is 5.43. The molecule has 0 heterocycles. The zero-order valence-electron chi connectivity index (χ0n) is 17.4. The van der Waals surface area contributed by atoms with E-state index in [1.54, 1.807) is 13.2 Å². The maximum Gasteiger partial charge on any atom is 0.222 e. The first-order valence-corrected chi connectivity index (χ1v) is 9.66. The third-order valence-electron chi connectivity index (χ3n) is 3.78. The Kier molecular flexibility index (Phi) is 9.68. The largest absolute Gasteiger partial charge is 0.493 e. The van der Waals surface area contributed by atoms with Crippen LogP contribution in [0.1, 0.15) is 65.6 Å². The molecule has 0 unspecified atom stereocenters. The number of nitrogens with one attached hydrogen (secondary N) is 2. The molecule has 0 radical (unpaired) electrons. The lowest BCUT2D eigenvalue weighted by Crippen LogP contribution is -2.41. The summed E-state index contributed by atoms with van der Waals surface area (Å²) in [6.07, 6.45) is 1.04. The highest BCUT2D eigenvalue weighted by molar-refractivity contribution is 5.79. The van der Waals surface area contributed by atoms with E-state index >= 15 is 0 Å². The van der Waals surface area contributed by atoms with Crippen molar-refractivity contribution in [1.29, 1.82) is 0 Å². The van der Waals surface area contributed by atoms with Gasteiger partial charge in [-0.15, -0.1) is 0 Å². The number of carbonyl (C=O) groups excluding carboxylic acids is 2. The molecule has 27 heavy (non-hydrogen) atoms. The third-order valence-corrected chi connectivity index (χ3v) is 3.78. The molecule has 0 spiro atoms. The molecule has 1 rings (SSSR count). The van der Waals surface area contributed by atoms with Crippen molar-refractivity contribution >= 4 is 11.8 Å². The van der Waals surface area contributed by atoms with Crippen LogP contribution in [0, 0.1) is 11.8 Å². The van der Waals surface area contributed by atoms with E-state index in [1.165, 1.54) is 0 Å². The zero-order chi connectivity index (χ0) is 20.4. The number of hydrogen-bond acceptors (Lipinski definition) is 4. The summed E-state index contributed by atoms with van der Waals surface area (Å²) in [5, 5.41) is 5.84. The Morgan fingerprint density at radius 3 is 1.96 bits per heavy atom. The molecule has 2 N–H and O–H groups in total. The van der Waals surface area contributed by atoms with Gasteiger partial charge in [0, 0.05) is 12.8 Å². The number of rotatable bonds is 11. The van der Waals surface area contributed by atoms with Crippen LogP contribution in [-0.2, 0) is 9.59 Å². The molecule has 6 heteroatoms. The lowest BCUT2D eigenvalue weighted by Gasteiger charge is -2.23. The van der Waals surface area contributed by atoms with Crippen molar-refractivity contribution < 1.29 is 19.1 Å². The first-order valence-electron chi connectivity index (χ1n) is 9.66. The first-order chi connectivity index (χ1) is 12.8. The molecule has 0 saturated heterocycles. The molecule has 0 aliphatic rings. The van der Waals surface area contributed by atoms with Gasteiger partial charge < -0.3 is 20.1 Å². The topological polar surface area (TPSA) is 76.7 Å². The van der Waals surface area contributed by atoms with Crippen molar-refractivity contribution in [1.82, 2.24) is 10.6 Å². The summed E-state index contributed by atoms with van der Waals surface area (Å²) in [7, 11) is 1.58. The summed E-state index contributed by atoms with van der Waals surface area (Å²) >= 11 is 0. The standard InChI is InChI=1S/C21H34N2O4/c1-7-10-27-18-13-16(8-9-17(18)26-6)21(22-19(24)11-14(2)3)23-20(25)12-15(4)5/h8-9,13-15,21H,7,10-12H2,1-6H3,(H,22,24)(H,23,25). The minimum Gasteiger partial charge on any atom is -0.493 e. The second-order valence-electron chi connectivity index (χ2n) is 7.52. The van der Waals surface area contributed by atoms with E-state index in [1.807, 2.05) is 46.8 Å². The summed E-state index contributed by atoms with van der Waals surface area (Å²) < 4.78 is 11.1. The van der Waals surface area contributed by atoms with E-state index in [0.29, 0.717) is 30.9 Å². The highest BCUT2D eigenvalue weighted by Crippen LogP contribution is 2.30. The molecule has 2 amide bonds. The normalized spacial score (nSPS) is 11.0. The smallest absolute Gasteiger partial charge is 0.222 e. The fourth-order valence-electron chi connectivity index (χ4n) is 2.58. The van der Waals surface area contributed by atoms with Crippen LogP contribution in [0.3, 0.4) is 0 Å². The van der Waals surface area contributed by atoms with Crippen LogP contribution >= 0.6 is 0 Å². The van der Waals surface area contributed by atoms with Crippen LogP contribution in [0.2, 0.25) is 0 Å². The molecule has 0 aromatic heterocycles. The molecular formula is C21H34N2O4. The maximum absolute atomic E-state index is 12.3. The fraction of sp³-hybridized carbons (Fsp3) is 0.619. The Morgan fingerprint density at radius 2 is 1.52 bits per heavy atom. The van der Waals surface area contributed by atoms with Gasteiger partial charge in [-0.3, -0.25) is 9.59 Å². The fourth-order valence-corrected chi connectivity index (χ4v) is 2.58. The number of benzene rings is 1. The van der Waals surface area contributed by atoms with Gasteiger partial charge in [0.15, 0.2) is 11.5 Å². The van der Waals surface area contributed by atoms with Crippen molar-refractivity contribution in [3.05, 3.63) is 23.8 Å². The summed E-state index contributed by atoms with van der Waals surface area (Å²) in [6.45, 7) is 10.5. The van der Waals surface area contributed by atoms with Crippen molar-refractivity contribution in [2.24, 2.45) is 11.8 Å². The Bertz CT molecular complexity index is 590. The Morgan fingerprint density at radius 1 is 0.963 bits per heavy atom. The lowest BCUT2D eigenvalue weighted by atomic mass is 10.1. The number of hydrogen-bond donors (Lipinski definition) is 2. The van der Waals surface area contributed by atoms with E-state index in [4.69, 9.17) is 9.47 Å². The summed E-state index contributed by atoms with van der Waals surface area (Å²) in [5.41, 5.74) is 0.746. The van der Waals surface area contributed by atoms with Crippen molar-refractivity contribution in [2.45, 2.75) is 60.0 Å². The van der Waals surface area contributed by atoms with Gasteiger partial charge in [0.05, 0.1) is 13.7 Å². The molecule has 0 aliphatic carbocycles. The molecule has 1 aromatic carbocycles. The van der Waals surface area contributed by atoms with Crippen LogP contribution in [0.15, 0.2) is 18.2 Å². The number of methoxy groups -OCH3 is 1. The predicted molar refractivity (Wildman–Crippen MR) is 107 cm³/mol. The van der Waals surface area contributed by atoms with Crippen LogP contribution in [-0.4, -0.2) is 25.5 Å². The molecule has 6 nitrogen and oxygen atoms in total. The minimum atomic E-state index is -0.614. The van der Waals surface area contributed by atoms with E-state index in [-0.39, 0.29) is 23.7 Å². The Balaban J connectivity index is 3.08. The first kappa shape index (κ1) is 22.8. The number of amides is 2. The molecule has 1 aromatic rings. The SMILES string of the molecule is CCCOc1cc(C(NC(=O)CC(C)C)NC(=O)CC(C)C)ccc1OC. The van der Waals surface area contributed by atoms with Gasteiger partial charge >= 0.3 is 0 Å². The maximum atomic E-state index is 12.3. The Labute approximate surface area is 163 Å². The third kappa shape index (κ3) is 8.33. The van der Waals surface area contributed by atoms with E-state index in [2.05, 4.69) is 10.6 Å². The van der Waals surface area contributed by atoms with Gasteiger partial charge in [-0.05, 0) is 36.0 Å². The highest BCUT2D eigenvalue weighted by atomic mass is 16.5. The van der Waals surface area contributed by atoms with Crippen LogP contribution < -0.4 is 20.1 Å². The zero-order valence-corrected chi connectivity index (χ0v) is 17.4. The minimum absolute atomic E-state index is 0.105. The van der Waals surface area contributed by atoms with Crippen LogP contribution in [0.25, 0.3) is 0 Å². The number of ether oxygens (including phenoxy) is 2. The Hall–Kier alpha value is -2.24. The van der Waals surface area contributed by atoms with Crippen molar-refractivity contribution in [3.63, 3.8) is 0 Å². The van der Waals surface area contributed by atoms with Gasteiger partial charge in [-0.2, -0.15) is 0 Å².